The zero-order valence-electron chi connectivity index (χ0n) is 11.8. The maximum absolute atomic E-state index is 6.06. The molecule has 0 aromatic rings. The lowest BCUT2D eigenvalue weighted by Crippen LogP contribution is -2.43. The Hall–Kier alpha value is -0.0800. The van der Waals surface area contributed by atoms with Gasteiger partial charge in [0.05, 0.1) is 0 Å². The summed E-state index contributed by atoms with van der Waals surface area (Å²) in [5, 5.41) is 3.81. The molecule has 0 bridgehead atoms. The lowest BCUT2D eigenvalue weighted by molar-refractivity contribution is 0.185. The van der Waals surface area contributed by atoms with Crippen LogP contribution in [0, 0.1) is 23.2 Å². The summed E-state index contributed by atoms with van der Waals surface area (Å²) >= 11 is 0. The van der Waals surface area contributed by atoms with E-state index in [1.54, 1.807) is 0 Å². The van der Waals surface area contributed by atoms with Crippen LogP contribution in [0.4, 0.5) is 0 Å². The quantitative estimate of drug-likeness (QED) is 0.729. The van der Waals surface area contributed by atoms with Gasteiger partial charge in [0.1, 0.15) is 0 Å². The molecule has 3 N–H and O–H groups in total. The molecule has 3 saturated carbocycles. The lowest BCUT2D eigenvalue weighted by atomic mass is 9.74. The lowest BCUT2D eigenvalue weighted by Gasteiger charge is -2.37. The average Bonchev–Trinajstić information content (AvgIpc) is 3.29. The van der Waals surface area contributed by atoms with Crippen molar-refractivity contribution in [3.05, 3.63) is 0 Å². The van der Waals surface area contributed by atoms with Crippen molar-refractivity contribution in [3.63, 3.8) is 0 Å². The molecule has 0 unspecified atom stereocenters. The van der Waals surface area contributed by atoms with Crippen molar-refractivity contribution in [3.8, 4) is 0 Å². The van der Waals surface area contributed by atoms with E-state index in [1.807, 2.05) is 0 Å². The first-order valence-electron chi connectivity index (χ1n) is 8.24. The fourth-order valence-corrected chi connectivity index (χ4v) is 4.03. The van der Waals surface area contributed by atoms with Crippen LogP contribution in [0.25, 0.3) is 0 Å². The van der Waals surface area contributed by atoms with Gasteiger partial charge < -0.3 is 11.1 Å². The normalized spacial score (nSPS) is 27.7. The third-order valence-electron chi connectivity index (χ3n) is 5.68. The zero-order valence-corrected chi connectivity index (χ0v) is 11.8. The van der Waals surface area contributed by atoms with Crippen LogP contribution in [-0.4, -0.2) is 19.6 Å². The van der Waals surface area contributed by atoms with Gasteiger partial charge in [0, 0.05) is 6.54 Å². The van der Waals surface area contributed by atoms with Crippen molar-refractivity contribution < 1.29 is 0 Å². The summed E-state index contributed by atoms with van der Waals surface area (Å²) in [5.74, 6) is 3.15. The molecule has 0 aromatic heterocycles. The molecule has 3 fully saturated rings. The first-order valence-corrected chi connectivity index (χ1v) is 8.24. The summed E-state index contributed by atoms with van der Waals surface area (Å²) in [7, 11) is 0. The molecule has 2 nitrogen and oxygen atoms in total. The van der Waals surface area contributed by atoms with Gasteiger partial charge in [-0.2, -0.15) is 0 Å². The standard InChI is InChI=1S/C16H30N2/c17-11-16(8-2-1-3-9-16)12-18-10-15(13-4-5-13)14-6-7-14/h13-15,18H,1-12,17H2. The molecule has 0 saturated heterocycles. The topological polar surface area (TPSA) is 38.0 Å². The van der Waals surface area contributed by atoms with E-state index in [1.165, 1.54) is 70.9 Å². The van der Waals surface area contributed by atoms with E-state index in [9.17, 15) is 0 Å². The number of rotatable bonds is 7. The van der Waals surface area contributed by atoms with E-state index in [2.05, 4.69) is 5.32 Å². The molecular formula is C16H30N2. The first kappa shape index (κ1) is 12.9. The van der Waals surface area contributed by atoms with Crippen LogP contribution >= 0.6 is 0 Å². The highest BCUT2D eigenvalue weighted by Crippen LogP contribution is 2.49. The summed E-state index contributed by atoms with van der Waals surface area (Å²) in [6, 6.07) is 0. The molecule has 0 radical (unpaired) electrons. The second kappa shape index (κ2) is 5.50. The van der Waals surface area contributed by atoms with Gasteiger partial charge in [0.15, 0.2) is 0 Å². The molecule has 0 spiro atoms. The van der Waals surface area contributed by atoms with Crippen LogP contribution in [0.15, 0.2) is 0 Å². The molecule has 104 valence electrons. The van der Waals surface area contributed by atoms with E-state index in [0.717, 1.165) is 24.3 Å². The molecule has 3 rings (SSSR count). The Morgan fingerprint density at radius 3 is 2.11 bits per heavy atom. The monoisotopic (exact) mass is 250 g/mol. The van der Waals surface area contributed by atoms with Gasteiger partial charge in [0.2, 0.25) is 0 Å². The molecule has 18 heavy (non-hydrogen) atoms. The largest absolute Gasteiger partial charge is 0.330 e. The molecule has 0 heterocycles. The minimum atomic E-state index is 0.440. The Labute approximate surface area is 112 Å². The zero-order chi connectivity index (χ0) is 12.4. The minimum Gasteiger partial charge on any atom is -0.330 e. The predicted molar refractivity (Wildman–Crippen MR) is 76.4 cm³/mol. The van der Waals surface area contributed by atoms with E-state index >= 15 is 0 Å². The van der Waals surface area contributed by atoms with Crippen molar-refractivity contribution in [1.82, 2.24) is 5.32 Å². The summed E-state index contributed by atoms with van der Waals surface area (Å²) in [6.07, 6.45) is 12.9. The van der Waals surface area contributed by atoms with Gasteiger partial charge in [0.25, 0.3) is 0 Å². The Balaban J connectivity index is 1.44. The SMILES string of the molecule is NCC1(CNCC(C2CC2)C2CC2)CCCCC1. The highest BCUT2D eigenvalue weighted by atomic mass is 14.9. The Morgan fingerprint density at radius 2 is 1.61 bits per heavy atom. The summed E-state index contributed by atoms with van der Waals surface area (Å²) < 4.78 is 0. The van der Waals surface area contributed by atoms with Gasteiger partial charge >= 0.3 is 0 Å². The molecular weight excluding hydrogens is 220 g/mol. The minimum absolute atomic E-state index is 0.440. The maximum Gasteiger partial charge on any atom is 0.00200 e. The van der Waals surface area contributed by atoms with Gasteiger partial charge in [-0.05, 0) is 74.8 Å². The molecule has 0 aliphatic heterocycles. The van der Waals surface area contributed by atoms with Crippen molar-refractivity contribution >= 4 is 0 Å². The Bertz CT molecular complexity index is 250. The predicted octanol–water partition coefficient (Wildman–Crippen LogP) is 2.92. The summed E-state index contributed by atoms with van der Waals surface area (Å²) in [5.41, 5.74) is 6.50. The first-order chi connectivity index (χ1) is 8.83. The number of nitrogens with two attached hydrogens (primary N) is 1. The fraction of sp³-hybridized carbons (Fsp3) is 1.00. The Kier molecular flexibility index (Phi) is 3.95. The van der Waals surface area contributed by atoms with Crippen LogP contribution in [0.1, 0.15) is 57.8 Å². The van der Waals surface area contributed by atoms with Crippen molar-refractivity contribution in [2.45, 2.75) is 57.8 Å². The van der Waals surface area contributed by atoms with Crippen LogP contribution in [-0.2, 0) is 0 Å². The van der Waals surface area contributed by atoms with Crippen LogP contribution in [0.3, 0.4) is 0 Å². The average molecular weight is 250 g/mol. The van der Waals surface area contributed by atoms with E-state index in [-0.39, 0.29) is 0 Å². The third kappa shape index (κ3) is 3.08. The fourth-order valence-electron chi connectivity index (χ4n) is 4.03. The molecule has 2 heteroatoms. The number of hydrogen-bond acceptors (Lipinski definition) is 2. The van der Waals surface area contributed by atoms with Crippen LogP contribution in [0.5, 0.6) is 0 Å². The second-order valence-electron chi connectivity index (χ2n) is 7.23. The highest BCUT2D eigenvalue weighted by molar-refractivity contribution is 4.93. The van der Waals surface area contributed by atoms with Crippen molar-refractivity contribution in [2.75, 3.05) is 19.6 Å². The molecule has 0 aromatic carbocycles. The van der Waals surface area contributed by atoms with Gasteiger partial charge in [-0.15, -0.1) is 0 Å². The third-order valence-corrected chi connectivity index (χ3v) is 5.68. The number of hydrogen-bond donors (Lipinski definition) is 2. The van der Waals surface area contributed by atoms with E-state index in [0.29, 0.717) is 5.41 Å². The van der Waals surface area contributed by atoms with Crippen molar-refractivity contribution in [2.24, 2.45) is 28.9 Å². The van der Waals surface area contributed by atoms with Gasteiger partial charge in [-0.25, -0.2) is 0 Å². The maximum atomic E-state index is 6.06. The second-order valence-corrected chi connectivity index (χ2v) is 7.23. The van der Waals surface area contributed by atoms with Crippen molar-refractivity contribution in [1.29, 1.82) is 0 Å². The van der Waals surface area contributed by atoms with Crippen LogP contribution in [0.2, 0.25) is 0 Å². The summed E-state index contributed by atoms with van der Waals surface area (Å²) in [6.45, 7) is 3.34. The molecule has 3 aliphatic carbocycles. The summed E-state index contributed by atoms with van der Waals surface area (Å²) in [4.78, 5) is 0. The Morgan fingerprint density at radius 1 is 1.00 bits per heavy atom. The smallest absolute Gasteiger partial charge is 0.00200 e. The molecule has 3 aliphatic rings. The van der Waals surface area contributed by atoms with Crippen LogP contribution < -0.4 is 11.1 Å². The molecule has 0 amide bonds. The number of nitrogens with one attached hydrogen (secondary N) is 1. The van der Waals surface area contributed by atoms with E-state index < -0.39 is 0 Å². The van der Waals surface area contributed by atoms with Gasteiger partial charge in [-0.3, -0.25) is 0 Å². The van der Waals surface area contributed by atoms with E-state index in [4.69, 9.17) is 5.73 Å². The molecule has 0 atom stereocenters. The highest BCUT2D eigenvalue weighted by Gasteiger charge is 2.41. The van der Waals surface area contributed by atoms with Gasteiger partial charge in [-0.1, -0.05) is 19.3 Å².